The highest BCUT2D eigenvalue weighted by Crippen LogP contribution is 2.31. The second-order valence-corrected chi connectivity index (χ2v) is 5.48. The molecule has 21 heavy (non-hydrogen) atoms. The van der Waals surface area contributed by atoms with E-state index >= 15 is 0 Å². The molecule has 0 saturated carbocycles. The van der Waals surface area contributed by atoms with Crippen molar-refractivity contribution in [3.63, 3.8) is 0 Å². The van der Waals surface area contributed by atoms with Gasteiger partial charge < -0.3 is 5.32 Å². The van der Waals surface area contributed by atoms with Crippen LogP contribution in [0.4, 0.5) is 13.2 Å². The van der Waals surface area contributed by atoms with E-state index in [9.17, 15) is 18.0 Å². The van der Waals surface area contributed by atoms with Crippen LogP contribution in [0.5, 0.6) is 0 Å². The van der Waals surface area contributed by atoms with Crippen LogP contribution in [-0.4, -0.2) is 5.91 Å². The Hall–Kier alpha value is -1.57. The van der Waals surface area contributed by atoms with Crippen molar-refractivity contribution in [3.8, 4) is 0 Å². The Morgan fingerprint density at radius 1 is 1.05 bits per heavy atom. The second kappa shape index (κ2) is 6.46. The van der Waals surface area contributed by atoms with E-state index in [1.54, 1.807) is 24.3 Å². The topological polar surface area (TPSA) is 29.1 Å². The first kappa shape index (κ1) is 15.8. The van der Waals surface area contributed by atoms with E-state index in [0.29, 0.717) is 5.56 Å². The van der Waals surface area contributed by atoms with Crippen LogP contribution in [-0.2, 0) is 12.7 Å². The molecular weight excluding hydrogens is 394 g/mol. The summed E-state index contributed by atoms with van der Waals surface area (Å²) >= 11 is 2.01. The summed E-state index contributed by atoms with van der Waals surface area (Å²) in [4.78, 5) is 12.0. The predicted octanol–water partition coefficient (Wildman–Crippen LogP) is 4.24. The van der Waals surface area contributed by atoms with Gasteiger partial charge in [0.1, 0.15) is 0 Å². The van der Waals surface area contributed by atoms with Gasteiger partial charge in [-0.1, -0.05) is 30.3 Å². The Morgan fingerprint density at radius 3 is 2.33 bits per heavy atom. The van der Waals surface area contributed by atoms with Gasteiger partial charge in [-0.2, -0.15) is 13.2 Å². The molecule has 2 aromatic rings. The molecule has 110 valence electrons. The lowest BCUT2D eigenvalue weighted by Crippen LogP contribution is -2.25. The molecule has 0 aromatic heterocycles. The molecule has 0 aliphatic heterocycles. The first-order valence-corrected chi connectivity index (χ1v) is 7.15. The van der Waals surface area contributed by atoms with Crippen molar-refractivity contribution in [1.29, 1.82) is 0 Å². The van der Waals surface area contributed by atoms with Crippen LogP contribution in [0.3, 0.4) is 0 Å². The minimum Gasteiger partial charge on any atom is -0.348 e. The maximum atomic E-state index is 12.8. The number of hydrogen-bond acceptors (Lipinski definition) is 1. The molecule has 0 heterocycles. The highest BCUT2D eigenvalue weighted by molar-refractivity contribution is 14.1. The molecule has 0 aliphatic carbocycles. The van der Waals surface area contributed by atoms with Crippen molar-refractivity contribution in [3.05, 3.63) is 68.8 Å². The molecule has 0 spiro atoms. The van der Waals surface area contributed by atoms with E-state index in [1.165, 1.54) is 18.2 Å². The first-order valence-electron chi connectivity index (χ1n) is 6.07. The maximum absolute atomic E-state index is 12.8. The summed E-state index contributed by atoms with van der Waals surface area (Å²) in [6, 6.07) is 12.1. The summed E-state index contributed by atoms with van der Waals surface area (Å²) < 4.78 is 39.3. The lowest BCUT2D eigenvalue weighted by Gasteiger charge is -2.13. The van der Waals surface area contributed by atoms with Gasteiger partial charge in [-0.3, -0.25) is 4.79 Å². The quantitative estimate of drug-likeness (QED) is 0.761. The molecule has 0 atom stereocenters. The monoisotopic (exact) mass is 405 g/mol. The summed E-state index contributed by atoms with van der Waals surface area (Å²) in [7, 11) is 0. The number of alkyl halides is 3. The fraction of sp³-hybridized carbons (Fsp3) is 0.133. The molecule has 1 N–H and O–H groups in total. The average molecular weight is 405 g/mol. The fourth-order valence-electron chi connectivity index (χ4n) is 1.87. The standard InChI is InChI=1S/C15H11F3INO/c16-15(17,18)12-7-3-1-5-10(12)9-20-14(21)11-6-2-4-8-13(11)19/h1-8H,9H2,(H,20,21). The van der Waals surface area contributed by atoms with Gasteiger partial charge in [0.2, 0.25) is 0 Å². The summed E-state index contributed by atoms with van der Waals surface area (Å²) in [6.45, 7) is -0.167. The van der Waals surface area contributed by atoms with Gasteiger partial charge in [0.15, 0.2) is 0 Å². The zero-order valence-corrected chi connectivity index (χ0v) is 12.9. The molecule has 0 bridgehead atoms. The molecule has 0 unspecified atom stereocenters. The smallest absolute Gasteiger partial charge is 0.348 e. The van der Waals surface area contributed by atoms with Crippen LogP contribution in [0.1, 0.15) is 21.5 Å². The minimum absolute atomic E-state index is 0.0456. The zero-order valence-electron chi connectivity index (χ0n) is 10.7. The van der Waals surface area contributed by atoms with Crippen molar-refractivity contribution < 1.29 is 18.0 Å². The van der Waals surface area contributed by atoms with E-state index < -0.39 is 17.6 Å². The average Bonchev–Trinajstić information content (AvgIpc) is 2.44. The van der Waals surface area contributed by atoms with Crippen LogP contribution in [0.25, 0.3) is 0 Å². The number of nitrogens with one attached hydrogen (secondary N) is 1. The van der Waals surface area contributed by atoms with E-state index in [-0.39, 0.29) is 12.1 Å². The number of halogens is 4. The number of carbonyl (C=O) groups excluding carboxylic acids is 1. The Labute approximate surface area is 133 Å². The van der Waals surface area contributed by atoms with Crippen molar-refractivity contribution in [1.82, 2.24) is 5.32 Å². The third-order valence-corrected chi connectivity index (χ3v) is 3.82. The Bertz CT molecular complexity index is 655. The van der Waals surface area contributed by atoms with E-state index in [1.807, 2.05) is 22.6 Å². The molecule has 2 rings (SSSR count). The van der Waals surface area contributed by atoms with Crippen LogP contribution in [0.2, 0.25) is 0 Å². The van der Waals surface area contributed by atoms with Gasteiger partial charge in [0.25, 0.3) is 5.91 Å². The number of carbonyl (C=O) groups is 1. The molecule has 1 amide bonds. The van der Waals surface area contributed by atoms with Gasteiger partial charge >= 0.3 is 6.18 Å². The lowest BCUT2D eigenvalue weighted by atomic mass is 10.1. The normalized spacial score (nSPS) is 11.2. The first-order chi connectivity index (χ1) is 9.89. The van der Waals surface area contributed by atoms with Gasteiger partial charge in [0.05, 0.1) is 11.1 Å². The molecule has 2 nitrogen and oxygen atoms in total. The van der Waals surface area contributed by atoms with Crippen molar-refractivity contribution in [2.75, 3.05) is 0 Å². The number of amides is 1. The third-order valence-electron chi connectivity index (χ3n) is 2.88. The second-order valence-electron chi connectivity index (χ2n) is 4.32. The van der Waals surface area contributed by atoms with Crippen LogP contribution in [0, 0.1) is 3.57 Å². The largest absolute Gasteiger partial charge is 0.416 e. The molecule has 0 fully saturated rings. The molecule has 2 aromatic carbocycles. The summed E-state index contributed by atoms with van der Waals surface area (Å²) in [5.41, 5.74) is -0.236. The van der Waals surface area contributed by atoms with Gasteiger partial charge in [-0.15, -0.1) is 0 Å². The van der Waals surface area contributed by atoms with Gasteiger partial charge in [-0.05, 0) is 46.4 Å². The number of benzene rings is 2. The molecule has 0 saturated heterocycles. The SMILES string of the molecule is O=C(NCc1ccccc1C(F)(F)F)c1ccccc1I. The molecule has 6 heteroatoms. The minimum atomic E-state index is -4.43. The maximum Gasteiger partial charge on any atom is 0.416 e. The summed E-state index contributed by atoms with van der Waals surface area (Å²) in [6.07, 6.45) is -4.43. The van der Waals surface area contributed by atoms with Gasteiger partial charge in [0, 0.05) is 10.1 Å². The number of hydrogen-bond donors (Lipinski definition) is 1. The highest BCUT2D eigenvalue weighted by atomic mass is 127. The van der Waals surface area contributed by atoms with Crippen LogP contribution < -0.4 is 5.32 Å². The highest BCUT2D eigenvalue weighted by Gasteiger charge is 2.32. The Morgan fingerprint density at radius 2 is 1.67 bits per heavy atom. The molecule has 0 aliphatic rings. The van der Waals surface area contributed by atoms with E-state index in [4.69, 9.17) is 0 Å². The molecule has 0 radical (unpaired) electrons. The Kier molecular flexibility index (Phi) is 4.87. The summed E-state index contributed by atoms with van der Waals surface area (Å²) in [5.74, 6) is -0.392. The van der Waals surface area contributed by atoms with Gasteiger partial charge in [-0.25, -0.2) is 0 Å². The third kappa shape index (κ3) is 3.96. The summed E-state index contributed by atoms with van der Waals surface area (Å²) in [5, 5.41) is 2.52. The van der Waals surface area contributed by atoms with E-state index in [0.717, 1.165) is 9.64 Å². The Balaban J connectivity index is 2.14. The van der Waals surface area contributed by atoms with Crippen molar-refractivity contribution >= 4 is 28.5 Å². The lowest BCUT2D eigenvalue weighted by molar-refractivity contribution is -0.138. The zero-order chi connectivity index (χ0) is 15.5. The fourth-order valence-corrected chi connectivity index (χ4v) is 2.50. The van der Waals surface area contributed by atoms with E-state index in [2.05, 4.69) is 5.32 Å². The van der Waals surface area contributed by atoms with Crippen LogP contribution in [0.15, 0.2) is 48.5 Å². The number of rotatable bonds is 3. The van der Waals surface area contributed by atoms with Crippen LogP contribution >= 0.6 is 22.6 Å². The van der Waals surface area contributed by atoms with Crippen molar-refractivity contribution in [2.45, 2.75) is 12.7 Å². The molecular formula is C15H11F3INO. The predicted molar refractivity (Wildman–Crippen MR) is 81.8 cm³/mol. The van der Waals surface area contributed by atoms with Crippen molar-refractivity contribution in [2.24, 2.45) is 0 Å².